The molecule has 1 rings (SSSR count). The molecule has 0 fully saturated rings. The first-order valence-corrected chi connectivity index (χ1v) is 4.75. The number of aliphatic hydroxyl groups is 1. The van der Waals surface area contributed by atoms with Gasteiger partial charge < -0.3 is 15.1 Å². The predicted octanol–water partition coefficient (Wildman–Crippen LogP) is 1.37. The van der Waals surface area contributed by atoms with Gasteiger partial charge in [0.15, 0.2) is 0 Å². The second-order valence-corrected chi connectivity index (χ2v) is 3.45. The van der Waals surface area contributed by atoms with Crippen molar-refractivity contribution < 1.29 is 15.0 Å². The van der Waals surface area contributed by atoms with Crippen LogP contribution in [0, 0.1) is 0 Å². The lowest BCUT2D eigenvalue weighted by Gasteiger charge is -2.20. The van der Waals surface area contributed by atoms with Crippen molar-refractivity contribution in [2.45, 2.75) is 5.92 Å². The molecule has 0 aliphatic rings. The normalized spacial score (nSPS) is 12.1. The van der Waals surface area contributed by atoms with Crippen molar-refractivity contribution in [1.82, 2.24) is 4.90 Å². The molecule has 82 valence electrons. The van der Waals surface area contributed by atoms with Crippen LogP contribution in [-0.2, 0) is 0 Å². The minimum Gasteiger partial charge on any atom is -0.465 e. The molecular formula is C11H15NO3. The molecule has 0 spiro atoms. The quantitative estimate of drug-likeness (QED) is 0.787. The molecule has 1 aromatic carbocycles. The van der Waals surface area contributed by atoms with Crippen LogP contribution in [0.25, 0.3) is 0 Å². The molecule has 2 N–H and O–H groups in total. The van der Waals surface area contributed by atoms with Gasteiger partial charge in [-0.05, 0) is 5.56 Å². The minimum absolute atomic E-state index is 0.0539. The van der Waals surface area contributed by atoms with Crippen molar-refractivity contribution in [2.75, 3.05) is 20.2 Å². The average molecular weight is 209 g/mol. The van der Waals surface area contributed by atoms with Crippen LogP contribution in [-0.4, -0.2) is 41.4 Å². The predicted molar refractivity (Wildman–Crippen MR) is 56.9 cm³/mol. The zero-order valence-electron chi connectivity index (χ0n) is 8.63. The molecule has 1 atom stereocenters. The van der Waals surface area contributed by atoms with Crippen molar-refractivity contribution in [3.63, 3.8) is 0 Å². The van der Waals surface area contributed by atoms with Crippen LogP contribution in [0.5, 0.6) is 0 Å². The number of carbonyl (C=O) groups is 1. The van der Waals surface area contributed by atoms with Gasteiger partial charge in [0.2, 0.25) is 0 Å². The first-order chi connectivity index (χ1) is 7.15. The highest BCUT2D eigenvalue weighted by Gasteiger charge is 2.15. The molecule has 1 unspecified atom stereocenters. The number of rotatable bonds is 4. The molecular weight excluding hydrogens is 194 g/mol. The topological polar surface area (TPSA) is 60.8 Å². The molecule has 4 nitrogen and oxygen atoms in total. The number of carboxylic acid groups (broad SMARTS) is 1. The summed E-state index contributed by atoms with van der Waals surface area (Å²) in [5, 5.41) is 17.9. The van der Waals surface area contributed by atoms with Crippen LogP contribution in [0.4, 0.5) is 4.79 Å². The maximum atomic E-state index is 10.6. The van der Waals surface area contributed by atoms with E-state index < -0.39 is 6.09 Å². The lowest BCUT2D eigenvalue weighted by molar-refractivity contribution is 0.147. The van der Waals surface area contributed by atoms with E-state index in [1.165, 1.54) is 11.9 Å². The summed E-state index contributed by atoms with van der Waals surface area (Å²) in [6, 6.07) is 9.41. The molecule has 0 bridgehead atoms. The van der Waals surface area contributed by atoms with Gasteiger partial charge in [0.1, 0.15) is 0 Å². The van der Waals surface area contributed by atoms with E-state index in [9.17, 15) is 9.90 Å². The average Bonchev–Trinajstić information content (AvgIpc) is 2.26. The number of hydrogen-bond donors (Lipinski definition) is 2. The molecule has 0 aliphatic heterocycles. The second kappa shape index (κ2) is 5.36. The third kappa shape index (κ3) is 3.25. The van der Waals surface area contributed by atoms with E-state index in [1.54, 1.807) is 0 Å². The molecule has 0 saturated carbocycles. The molecule has 0 saturated heterocycles. The van der Waals surface area contributed by atoms with E-state index in [0.717, 1.165) is 5.56 Å². The summed E-state index contributed by atoms with van der Waals surface area (Å²) in [6.45, 7) is 0.248. The summed E-state index contributed by atoms with van der Waals surface area (Å²) in [6.07, 6.45) is -0.982. The molecule has 0 aliphatic carbocycles. The van der Waals surface area contributed by atoms with Crippen LogP contribution in [0.3, 0.4) is 0 Å². The van der Waals surface area contributed by atoms with Gasteiger partial charge in [-0.2, -0.15) is 0 Å². The van der Waals surface area contributed by atoms with Crippen LogP contribution in [0.1, 0.15) is 11.5 Å². The molecule has 4 heteroatoms. The first kappa shape index (κ1) is 11.5. The first-order valence-electron chi connectivity index (χ1n) is 4.75. The maximum absolute atomic E-state index is 10.6. The number of nitrogens with zero attached hydrogens (tertiary/aromatic N) is 1. The van der Waals surface area contributed by atoms with Gasteiger partial charge in [0.25, 0.3) is 0 Å². The Morgan fingerprint density at radius 2 is 2.00 bits per heavy atom. The number of amides is 1. The Kier molecular flexibility index (Phi) is 4.12. The monoisotopic (exact) mass is 209 g/mol. The van der Waals surface area contributed by atoms with Crippen LogP contribution in [0.2, 0.25) is 0 Å². The summed E-state index contributed by atoms with van der Waals surface area (Å²) >= 11 is 0. The minimum atomic E-state index is -0.982. The highest BCUT2D eigenvalue weighted by molar-refractivity contribution is 5.64. The van der Waals surface area contributed by atoms with Gasteiger partial charge in [-0.25, -0.2) is 4.79 Å². The van der Waals surface area contributed by atoms with Gasteiger partial charge in [-0.3, -0.25) is 0 Å². The van der Waals surface area contributed by atoms with Crippen LogP contribution in [0.15, 0.2) is 30.3 Å². The zero-order valence-corrected chi connectivity index (χ0v) is 8.63. The number of aliphatic hydroxyl groups excluding tert-OH is 1. The molecule has 1 aromatic rings. The Balaban J connectivity index is 2.69. The molecule has 0 heterocycles. The smallest absolute Gasteiger partial charge is 0.407 e. The molecule has 0 aromatic heterocycles. The van der Waals surface area contributed by atoms with Crippen molar-refractivity contribution in [3.05, 3.63) is 35.9 Å². The fraction of sp³-hybridized carbons (Fsp3) is 0.364. The Bertz CT molecular complexity index is 313. The number of likely N-dealkylation sites (N-methyl/N-ethyl adjacent to an activating group) is 1. The fourth-order valence-corrected chi connectivity index (χ4v) is 1.40. The van der Waals surface area contributed by atoms with Gasteiger partial charge in [0, 0.05) is 19.5 Å². The largest absolute Gasteiger partial charge is 0.465 e. The van der Waals surface area contributed by atoms with Crippen LogP contribution >= 0.6 is 0 Å². The molecule has 1 amide bonds. The van der Waals surface area contributed by atoms with Crippen molar-refractivity contribution >= 4 is 6.09 Å². The van der Waals surface area contributed by atoms with E-state index in [4.69, 9.17) is 5.11 Å². The Morgan fingerprint density at radius 1 is 1.40 bits per heavy atom. The lowest BCUT2D eigenvalue weighted by Crippen LogP contribution is -2.30. The third-order valence-corrected chi connectivity index (χ3v) is 2.31. The summed E-state index contributed by atoms with van der Waals surface area (Å²) in [5.74, 6) is -0.160. The lowest BCUT2D eigenvalue weighted by atomic mass is 10.00. The van der Waals surface area contributed by atoms with E-state index in [1.807, 2.05) is 30.3 Å². The van der Waals surface area contributed by atoms with Crippen LogP contribution < -0.4 is 0 Å². The van der Waals surface area contributed by atoms with Gasteiger partial charge >= 0.3 is 6.09 Å². The summed E-state index contributed by atoms with van der Waals surface area (Å²) in [5.41, 5.74) is 0.952. The fourth-order valence-electron chi connectivity index (χ4n) is 1.40. The molecule has 0 radical (unpaired) electrons. The Hall–Kier alpha value is -1.55. The van der Waals surface area contributed by atoms with Gasteiger partial charge in [-0.1, -0.05) is 30.3 Å². The third-order valence-electron chi connectivity index (χ3n) is 2.31. The van der Waals surface area contributed by atoms with Crippen molar-refractivity contribution in [1.29, 1.82) is 0 Å². The van der Waals surface area contributed by atoms with Gasteiger partial charge in [0.05, 0.1) is 6.61 Å². The number of benzene rings is 1. The summed E-state index contributed by atoms with van der Waals surface area (Å²) < 4.78 is 0. The zero-order chi connectivity index (χ0) is 11.3. The summed E-state index contributed by atoms with van der Waals surface area (Å²) in [4.78, 5) is 11.8. The van der Waals surface area contributed by atoms with Crippen molar-refractivity contribution in [3.8, 4) is 0 Å². The van der Waals surface area contributed by atoms with E-state index >= 15 is 0 Å². The van der Waals surface area contributed by atoms with Crippen molar-refractivity contribution in [2.24, 2.45) is 0 Å². The van der Waals surface area contributed by atoms with Gasteiger partial charge in [-0.15, -0.1) is 0 Å². The highest BCUT2D eigenvalue weighted by atomic mass is 16.4. The SMILES string of the molecule is CN(CC(CO)c1ccccc1)C(=O)O. The summed E-state index contributed by atoms with van der Waals surface area (Å²) in [7, 11) is 1.49. The number of hydrogen-bond acceptors (Lipinski definition) is 2. The van der Waals surface area contributed by atoms with E-state index in [-0.39, 0.29) is 12.5 Å². The molecule has 15 heavy (non-hydrogen) atoms. The second-order valence-electron chi connectivity index (χ2n) is 3.45. The maximum Gasteiger partial charge on any atom is 0.407 e. The Morgan fingerprint density at radius 3 is 2.47 bits per heavy atom. The van der Waals surface area contributed by atoms with E-state index in [2.05, 4.69) is 0 Å². The standard InChI is InChI=1S/C11H15NO3/c1-12(11(14)15)7-10(8-13)9-5-3-2-4-6-9/h2-6,10,13H,7-8H2,1H3,(H,14,15). The Labute approximate surface area is 88.8 Å². The highest BCUT2D eigenvalue weighted by Crippen LogP contribution is 2.15. The van der Waals surface area contributed by atoms with E-state index in [0.29, 0.717) is 6.54 Å².